The fourth-order valence-corrected chi connectivity index (χ4v) is 10.5. The fraction of sp³-hybridized carbons (Fsp3) is 0.762. The van der Waals surface area contributed by atoms with E-state index in [0.717, 1.165) is 69.9 Å². The van der Waals surface area contributed by atoms with E-state index in [1.807, 2.05) is 19.9 Å². The predicted molar refractivity (Wildman–Crippen MR) is 193 cm³/mol. The van der Waals surface area contributed by atoms with Gasteiger partial charge in [-0.1, -0.05) is 37.6 Å². The minimum atomic E-state index is -1.11. The molecule has 3 spiro atoms. The Bertz CT molecular complexity index is 1510. The average molecular weight is 692 g/mol. The molecule has 2 N–H and O–H groups in total. The number of cyclic esters (lactones) is 1. The molecule has 1 aliphatic carbocycles. The quantitative estimate of drug-likeness (QED) is 0.213. The Hall–Kier alpha value is -2.10. The van der Waals surface area contributed by atoms with Gasteiger partial charge in [-0.15, -0.1) is 0 Å². The number of carbonyl (C=O) groups is 1. The lowest BCUT2D eigenvalue weighted by atomic mass is 9.56. The van der Waals surface area contributed by atoms with Crippen LogP contribution >= 0.6 is 0 Å². The maximum Gasteiger partial charge on any atom is 0.334 e. The molecule has 6 heterocycles. The maximum absolute atomic E-state index is 12.5. The van der Waals surface area contributed by atoms with Gasteiger partial charge in [-0.25, -0.2) is 4.79 Å². The SMILES string of the molecule is C=C1CCCC2=NCC(C)C(C)CC23CCC(C2C=C(C)C(=O)O2)=C(C)C3/C=C(\C)C(O)CC2CCC3(CCC4(OC(CCC4(C)O)C1)O3)O2. The fourth-order valence-electron chi connectivity index (χ4n) is 10.5. The molecule has 3 fully saturated rings. The van der Waals surface area contributed by atoms with Crippen molar-refractivity contribution in [2.75, 3.05) is 6.54 Å². The van der Waals surface area contributed by atoms with Crippen LogP contribution in [-0.4, -0.2) is 70.0 Å². The molecule has 0 amide bonds. The maximum atomic E-state index is 12.5. The van der Waals surface area contributed by atoms with Crippen molar-refractivity contribution >= 4 is 11.7 Å². The number of aliphatic hydroxyl groups is 2. The third-order valence-electron chi connectivity index (χ3n) is 14.0. The van der Waals surface area contributed by atoms with Crippen molar-refractivity contribution in [3.05, 3.63) is 46.6 Å². The summed E-state index contributed by atoms with van der Waals surface area (Å²) in [6.45, 7) is 18.0. The number of hydrogen-bond acceptors (Lipinski definition) is 8. The lowest BCUT2D eigenvalue weighted by molar-refractivity contribution is -0.387. The monoisotopic (exact) mass is 691 g/mol. The summed E-state index contributed by atoms with van der Waals surface area (Å²) in [6, 6.07) is 0. The van der Waals surface area contributed by atoms with E-state index in [0.29, 0.717) is 49.5 Å². The van der Waals surface area contributed by atoms with E-state index in [1.54, 1.807) is 0 Å². The Kier molecular flexibility index (Phi) is 9.71. The molecule has 7 aliphatic rings. The van der Waals surface area contributed by atoms with Gasteiger partial charge in [0.25, 0.3) is 0 Å². The van der Waals surface area contributed by atoms with Gasteiger partial charge >= 0.3 is 5.97 Å². The molecule has 11 unspecified atom stereocenters. The van der Waals surface area contributed by atoms with Crippen LogP contribution in [-0.2, 0) is 23.7 Å². The number of aliphatic imine (C=N–C) groups is 1. The largest absolute Gasteiger partial charge is 0.450 e. The van der Waals surface area contributed by atoms with Gasteiger partial charge in [0.1, 0.15) is 11.7 Å². The molecule has 0 radical (unpaired) electrons. The number of aliphatic hydroxyl groups excluding tert-OH is 1. The number of ether oxygens (including phenoxy) is 4. The summed E-state index contributed by atoms with van der Waals surface area (Å²) >= 11 is 0. The summed E-state index contributed by atoms with van der Waals surface area (Å²) < 4.78 is 26.1. The molecule has 11 atom stereocenters. The number of rotatable bonds is 1. The first-order valence-corrected chi connectivity index (χ1v) is 19.6. The normalized spacial score (nSPS) is 47.0. The van der Waals surface area contributed by atoms with Gasteiger partial charge < -0.3 is 29.2 Å². The van der Waals surface area contributed by atoms with Gasteiger partial charge in [-0.2, -0.15) is 0 Å². The highest BCUT2D eigenvalue weighted by molar-refractivity contribution is 5.92. The molecule has 8 nitrogen and oxygen atoms in total. The highest BCUT2D eigenvalue weighted by atomic mass is 16.8. The number of hydrogen-bond donors (Lipinski definition) is 2. The van der Waals surface area contributed by atoms with Crippen LogP contribution in [0.4, 0.5) is 0 Å². The van der Waals surface area contributed by atoms with Gasteiger partial charge in [-0.05, 0) is 121 Å². The van der Waals surface area contributed by atoms with Crippen LogP contribution in [0.15, 0.2) is 51.6 Å². The molecular formula is C42H61NO7. The van der Waals surface area contributed by atoms with Crippen LogP contribution in [0.3, 0.4) is 0 Å². The van der Waals surface area contributed by atoms with E-state index in [-0.39, 0.29) is 35.6 Å². The molecule has 7 rings (SSSR count). The van der Waals surface area contributed by atoms with Crippen LogP contribution in [0.1, 0.15) is 131 Å². The van der Waals surface area contributed by atoms with Crippen molar-refractivity contribution in [1.82, 2.24) is 0 Å². The summed E-state index contributed by atoms with van der Waals surface area (Å²) in [4.78, 5) is 18.0. The molecule has 0 saturated carbocycles. The van der Waals surface area contributed by atoms with Gasteiger partial charge in [0, 0.05) is 54.8 Å². The minimum Gasteiger partial charge on any atom is -0.450 e. The second-order valence-electron chi connectivity index (χ2n) is 17.5. The number of carbonyl (C=O) groups excluding carboxylic acids is 1. The zero-order valence-corrected chi connectivity index (χ0v) is 31.4. The van der Waals surface area contributed by atoms with Crippen molar-refractivity contribution in [2.24, 2.45) is 28.2 Å². The van der Waals surface area contributed by atoms with Crippen LogP contribution in [0, 0.1) is 23.2 Å². The standard InChI is InChI=1S/C42H61NO7/c1-25-9-8-10-37-40(23-28(4)29(5)24-43-37)15-13-33(36-21-27(3)38(45)47-36)30(6)34(40)20-26(2)35(44)22-32-12-16-41(48-32)17-18-42(50-41)39(7,46)14-11-31(19-25)49-42/h20-21,28-29,31-32,34-36,44,46H,1,8-19,22-24H2,2-7H3/b26-20+. The first kappa shape index (κ1) is 36.3. The Morgan fingerprint density at radius 3 is 2.48 bits per heavy atom. The molecule has 4 bridgehead atoms. The molecular weight excluding hydrogens is 630 g/mol. The number of nitrogens with zero attached hydrogens (tertiary/aromatic N) is 1. The minimum absolute atomic E-state index is 0.0226. The van der Waals surface area contributed by atoms with Crippen molar-refractivity contribution < 1.29 is 34.0 Å². The molecule has 50 heavy (non-hydrogen) atoms. The van der Waals surface area contributed by atoms with Crippen molar-refractivity contribution in [3.8, 4) is 0 Å². The van der Waals surface area contributed by atoms with Crippen molar-refractivity contribution in [3.63, 3.8) is 0 Å². The number of esters is 1. The summed E-state index contributed by atoms with van der Waals surface area (Å²) in [6.07, 6.45) is 14.0. The first-order chi connectivity index (χ1) is 23.6. The second-order valence-corrected chi connectivity index (χ2v) is 17.5. The molecule has 6 aliphatic heterocycles. The van der Waals surface area contributed by atoms with Gasteiger partial charge in [0.05, 0.1) is 18.3 Å². The van der Waals surface area contributed by atoms with Crippen molar-refractivity contribution in [2.45, 2.75) is 173 Å². The van der Waals surface area contributed by atoms with E-state index < -0.39 is 23.3 Å². The second kappa shape index (κ2) is 13.4. The predicted octanol–water partition coefficient (Wildman–Crippen LogP) is 7.83. The molecule has 8 heteroatoms. The Morgan fingerprint density at radius 2 is 1.72 bits per heavy atom. The van der Waals surface area contributed by atoms with E-state index >= 15 is 0 Å². The summed E-state index contributed by atoms with van der Waals surface area (Å²) in [5, 5.41) is 23.4. The number of allylic oxidation sites excluding steroid dienone is 2. The topological polar surface area (TPSA) is 107 Å². The van der Waals surface area contributed by atoms with E-state index in [4.69, 9.17) is 23.9 Å². The van der Waals surface area contributed by atoms with Gasteiger partial charge in [0.2, 0.25) is 5.79 Å². The van der Waals surface area contributed by atoms with Crippen LogP contribution in [0.5, 0.6) is 0 Å². The lowest BCUT2D eigenvalue weighted by Crippen LogP contribution is -2.60. The molecule has 276 valence electrons. The summed E-state index contributed by atoms with van der Waals surface area (Å²) in [7, 11) is 0. The van der Waals surface area contributed by atoms with E-state index in [9.17, 15) is 15.0 Å². The third-order valence-corrected chi connectivity index (χ3v) is 14.0. The third kappa shape index (κ3) is 6.44. The number of fused-ring (bicyclic) bond motifs is 2. The van der Waals surface area contributed by atoms with Crippen LogP contribution < -0.4 is 0 Å². The smallest absolute Gasteiger partial charge is 0.334 e. The summed E-state index contributed by atoms with van der Waals surface area (Å²) in [5.74, 6) is -1.16. The average Bonchev–Trinajstić information content (AvgIpc) is 3.71. The van der Waals surface area contributed by atoms with Gasteiger partial charge in [-0.3, -0.25) is 4.99 Å². The highest BCUT2D eigenvalue weighted by Gasteiger charge is 2.64. The van der Waals surface area contributed by atoms with Crippen LogP contribution in [0.2, 0.25) is 0 Å². The Balaban J connectivity index is 1.27. The zero-order chi connectivity index (χ0) is 35.6. The molecule has 0 aromatic rings. The van der Waals surface area contributed by atoms with E-state index in [2.05, 4.69) is 40.3 Å². The van der Waals surface area contributed by atoms with Crippen molar-refractivity contribution in [1.29, 1.82) is 0 Å². The lowest BCUT2D eigenvalue weighted by Gasteiger charge is -2.49. The molecule has 3 saturated heterocycles. The highest BCUT2D eigenvalue weighted by Crippen LogP contribution is 2.56. The van der Waals surface area contributed by atoms with Crippen LogP contribution in [0.25, 0.3) is 0 Å². The molecule has 0 aromatic carbocycles. The van der Waals surface area contributed by atoms with Gasteiger partial charge in [0.15, 0.2) is 5.79 Å². The Morgan fingerprint density at radius 1 is 0.940 bits per heavy atom. The zero-order valence-electron chi connectivity index (χ0n) is 31.4. The first-order valence-electron chi connectivity index (χ1n) is 19.6. The molecule has 0 aromatic heterocycles. The summed E-state index contributed by atoms with van der Waals surface area (Å²) in [5.41, 5.74) is 5.21. The van der Waals surface area contributed by atoms with E-state index in [1.165, 1.54) is 22.4 Å². The Labute approximate surface area is 299 Å².